The Morgan fingerprint density at radius 1 is 0.652 bits per heavy atom. The normalized spacial score (nSPS) is 10.8. The highest BCUT2D eigenvalue weighted by Gasteiger charge is 1.95. The molecule has 0 saturated carbocycles. The van der Waals surface area contributed by atoms with Crippen LogP contribution in [0.1, 0.15) is 96.8 Å². The summed E-state index contributed by atoms with van der Waals surface area (Å²) in [5.74, 6) is 0.690. The first-order valence-electron chi connectivity index (χ1n) is 9.79. The minimum absolute atomic E-state index is 0.690. The van der Waals surface area contributed by atoms with Crippen LogP contribution >= 0.6 is 0 Å². The number of hydrogen-bond acceptors (Lipinski definition) is 4. The number of hydrogen-bond donors (Lipinski definition) is 1. The summed E-state index contributed by atoms with van der Waals surface area (Å²) in [6, 6.07) is 0. The van der Waals surface area contributed by atoms with E-state index in [0.29, 0.717) is 5.95 Å². The summed E-state index contributed by atoms with van der Waals surface area (Å²) in [6.07, 6.45) is 22.6. The number of anilines is 1. The van der Waals surface area contributed by atoms with E-state index in [2.05, 4.69) is 27.2 Å². The Balaban J connectivity index is 1.72. The Bertz CT molecular complexity index is 342. The predicted molar refractivity (Wildman–Crippen MR) is 98.6 cm³/mol. The molecule has 0 bridgehead atoms. The van der Waals surface area contributed by atoms with Crippen molar-refractivity contribution >= 4 is 5.95 Å². The first kappa shape index (κ1) is 19.9. The van der Waals surface area contributed by atoms with Crippen LogP contribution < -0.4 is 5.32 Å². The van der Waals surface area contributed by atoms with Crippen molar-refractivity contribution in [1.82, 2.24) is 15.0 Å². The molecule has 0 atom stereocenters. The number of aromatic nitrogens is 3. The summed E-state index contributed by atoms with van der Waals surface area (Å²) in [5.41, 5.74) is 0. The SMILES string of the molecule is CCCCCCCCCCCCCCCCNc1ncncn1. The Morgan fingerprint density at radius 2 is 1.09 bits per heavy atom. The molecule has 0 spiro atoms. The third-order valence-electron chi connectivity index (χ3n) is 4.31. The Hall–Kier alpha value is -1.19. The fourth-order valence-electron chi connectivity index (χ4n) is 2.85. The second-order valence-electron chi connectivity index (χ2n) is 6.48. The first-order valence-corrected chi connectivity index (χ1v) is 9.79. The van der Waals surface area contributed by atoms with Crippen molar-refractivity contribution < 1.29 is 0 Å². The van der Waals surface area contributed by atoms with Gasteiger partial charge < -0.3 is 5.32 Å². The van der Waals surface area contributed by atoms with Crippen molar-refractivity contribution in [2.75, 3.05) is 11.9 Å². The third kappa shape index (κ3) is 13.0. The maximum absolute atomic E-state index is 4.05. The van der Waals surface area contributed by atoms with Gasteiger partial charge in [-0.1, -0.05) is 90.4 Å². The van der Waals surface area contributed by atoms with Crippen molar-refractivity contribution in [2.24, 2.45) is 0 Å². The molecule has 23 heavy (non-hydrogen) atoms. The van der Waals surface area contributed by atoms with Gasteiger partial charge in [-0.3, -0.25) is 0 Å². The zero-order valence-electron chi connectivity index (χ0n) is 15.1. The smallest absolute Gasteiger partial charge is 0.225 e. The van der Waals surface area contributed by atoms with Crippen molar-refractivity contribution in [3.63, 3.8) is 0 Å². The van der Waals surface area contributed by atoms with Crippen molar-refractivity contribution in [1.29, 1.82) is 0 Å². The van der Waals surface area contributed by atoms with Crippen LogP contribution in [0.2, 0.25) is 0 Å². The minimum Gasteiger partial charge on any atom is -0.354 e. The van der Waals surface area contributed by atoms with E-state index < -0.39 is 0 Å². The van der Waals surface area contributed by atoms with Crippen molar-refractivity contribution in [3.8, 4) is 0 Å². The lowest BCUT2D eigenvalue weighted by Gasteiger charge is -2.04. The second kappa shape index (κ2) is 15.7. The summed E-state index contributed by atoms with van der Waals surface area (Å²) < 4.78 is 0. The monoisotopic (exact) mass is 320 g/mol. The molecule has 1 aromatic heterocycles. The van der Waals surface area contributed by atoms with Gasteiger partial charge in [0.15, 0.2) is 0 Å². The van der Waals surface area contributed by atoms with Crippen LogP contribution in [-0.2, 0) is 0 Å². The lowest BCUT2D eigenvalue weighted by molar-refractivity contribution is 0.537. The van der Waals surface area contributed by atoms with E-state index in [0.717, 1.165) is 6.54 Å². The Morgan fingerprint density at radius 3 is 1.57 bits per heavy atom. The molecule has 1 rings (SSSR count). The summed E-state index contributed by atoms with van der Waals surface area (Å²) >= 11 is 0. The van der Waals surface area contributed by atoms with Gasteiger partial charge in [-0.05, 0) is 6.42 Å². The van der Waals surface area contributed by atoms with E-state index in [1.165, 1.54) is 103 Å². The fraction of sp³-hybridized carbons (Fsp3) is 0.842. The first-order chi connectivity index (χ1) is 11.4. The van der Waals surface area contributed by atoms with Gasteiger partial charge in [0, 0.05) is 6.54 Å². The number of nitrogens with one attached hydrogen (secondary N) is 1. The van der Waals surface area contributed by atoms with Gasteiger partial charge in [0.1, 0.15) is 12.7 Å². The van der Waals surface area contributed by atoms with Gasteiger partial charge in [-0.2, -0.15) is 0 Å². The summed E-state index contributed by atoms with van der Waals surface area (Å²) in [6.45, 7) is 3.24. The van der Waals surface area contributed by atoms with Gasteiger partial charge in [0.25, 0.3) is 0 Å². The highest BCUT2D eigenvalue weighted by Crippen LogP contribution is 2.12. The number of rotatable bonds is 16. The molecule has 1 N–H and O–H groups in total. The molecule has 0 fully saturated rings. The molecule has 0 aliphatic carbocycles. The molecular formula is C19H36N4. The topological polar surface area (TPSA) is 50.7 Å². The van der Waals surface area contributed by atoms with E-state index in [4.69, 9.17) is 0 Å². The lowest BCUT2D eigenvalue weighted by atomic mass is 10.0. The Labute approximate surface area is 142 Å². The lowest BCUT2D eigenvalue weighted by Crippen LogP contribution is -2.05. The van der Waals surface area contributed by atoms with E-state index in [1.54, 1.807) is 0 Å². The highest BCUT2D eigenvalue weighted by molar-refractivity contribution is 5.19. The zero-order valence-corrected chi connectivity index (χ0v) is 15.1. The molecule has 0 aliphatic rings. The molecule has 132 valence electrons. The van der Waals surface area contributed by atoms with E-state index in [9.17, 15) is 0 Å². The highest BCUT2D eigenvalue weighted by atomic mass is 15.1. The Kier molecular flexibility index (Phi) is 13.6. The van der Waals surface area contributed by atoms with Gasteiger partial charge in [0.05, 0.1) is 0 Å². The second-order valence-corrected chi connectivity index (χ2v) is 6.48. The maximum Gasteiger partial charge on any atom is 0.225 e. The molecule has 0 radical (unpaired) electrons. The molecular weight excluding hydrogens is 284 g/mol. The van der Waals surface area contributed by atoms with Gasteiger partial charge in [0.2, 0.25) is 5.95 Å². The summed E-state index contributed by atoms with van der Waals surface area (Å²) in [5, 5.41) is 3.23. The molecule has 4 nitrogen and oxygen atoms in total. The summed E-state index contributed by atoms with van der Waals surface area (Å²) in [4.78, 5) is 11.9. The van der Waals surface area contributed by atoms with Gasteiger partial charge >= 0.3 is 0 Å². The maximum atomic E-state index is 4.05. The van der Waals surface area contributed by atoms with Crippen LogP contribution in [0.15, 0.2) is 12.7 Å². The minimum atomic E-state index is 0.690. The van der Waals surface area contributed by atoms with E-state index in [-0.39, 0.29) is 0 Å². The van der Waals surface area contributed by atoms with E-state index in [1.807, 2.05) is 0 Å². The van der Waals surface area contributed by atoms with E-state index >= 15 is 0 Å². The molecule has 1 aromatic rings. The number of nitrogens with zero attached hydrogens (tertiary/aromatic N) is 3. The quantitative estimate of drug-likeness (QED) is 0.393. The molecule has 0 unspecified atom stereocenters. The molecule has 0 amide bonds. The van der Waals surface area contributed by atoms with Crippen LogP contribution in [0.5, 0.6) is 0 Å². The van der Waals surface area contributed by atoms with Crippen LogP contribution in [0, 0.1) is 0 Å². The molecule has 4 heteroatoms. The average molecular weight is 321 g/mol. The number of unbranched alkanes of at least 4 members (excludes halogenated alkanes) is 13. The molecule has 0 aliphatic heterocycles. The van der Waals surface area contributed by atoms with Gasteiger partial charge in [-0.15, -0.1) is 0 Å². The largest absolute Gasteiger partial charge is 0.354 e. The van der Waals surface area contributed by atoms with Crippen molar-refractivity contribution in [2.45, 2.75) is 96.8 Å². The molecule has 0 aromatic carbocycles. The standard InChI is InChI=1S/C19H36N4/c1-2-3-4-5-6-7-8-9-10-11-12-13-14-15-16-21-19-22-17-20-18-23-19/h17-18H,2-16H2,1H3,(H,20,21,22,23). The van der Waals surface area contributed by atoms with Crippen molar-refractivity contribution in [3.05, 3.63) is 12.7 Å². The molecule has 0 saturated heterocycles. The third-order valence-corrected chi connectivity index (χ3v) is 4.31. The summed E-state index contributed by atoms with van der Waals surface area (Å²) in [7, 11) is 0. The predicted octanol–water partition coefficient (Wildman–Crippen LogP) is 5.76. The van der Waals surface area contributed by atoms with Gasteiger partial charge in [-0.25, -0.2) is 15.0 Å². The zero-order chi connectivity index (χ0) is 16.4. The molecule has 1 heterocycles. The van der Waals surface area contributed by atoms with Crippen LogP contribution in [0.25, 0.3) is 0 Å². The van der Waals surface area contributed by atoms with Crippen LogP contribution in [-0.4, -0.2) is 21.5 Å². The van der Waals surface area contributed by atoms with Crippen LogP contribution in [0.3, 0.4) is 0 Å². The fourth-order valence-corrected chi connectivity index (χ4v) is 2.85. The van der Waals surface area contributed by atoms with Crippen LogP contribution in [0.4, 0.5) is 5.95 Å². The average Bonchev–Trinajstić information content (AvgIpc) is 2.59.